The Morgan fingerprint density at radius 1 is 1.53 bits per heavy atom. The molecule has 0 saturated carbocycles. The molecule has 0 aliphatic carbocycles. The number of nitro benzene ring substituents is 1. The number of rotatable bonds is 5. The van der Waals surface area contributed by atoms with E-state index in [1.165, 1.54) is 18.2 Å². The third kappa shape index (κ3) is 2.92. The Morgan fingerprint density at radius 2 is 2.32 bits per heavy atom. The highest BCUT2D eigenvalue weighted by Gasteiger charge is 2.15. The molecule has 8 nitrogen and oxygen atoms in total. The van der Waals surface area contributed by atoms with Crippen LogP contribution in [-0.2, 0) is 6.54 Å². The highest BCUT2D eigenvalue weighted by molar-refractivity contribution is 5.79. The molecule has 0 radical (unpaired) electrons. The van der Waals surface area contributed by atoms with Crippen LogP contribution in [0.3, 0.4) is 0 Å². The number of nitrogens with zero attached hydrogens (tertiary/aromatic N) is 3. The van der Waals surface area contributed by atoms with Gasteiger partial charge in [-0.25, -0.2) is 0 Å². The number of aromatic nitrogens is 2. The lowest BCUT2D eigenvalue weighted by Gasteiger charge is -2.04. The zero-order chi connectivity index (χ0) is 13.8. The second-order valence-electron chi connectivity index (χ2n) is 3.73. The molecule has 0 spiro atoms. The van der Waals surface area contributed by atoms with Crippen molar-refractivity contribution in [2.75, 3.05) is 5.32 Å². The quantitative estimate of drug-likeness (QED) is 0.496. The molecule has 0 bridgehead atoms. The molecule has 0 atom stereocenters. The zero-order valence-corrected chi connectivity index (χ0v) is 9.99. The van der Waals surface area contributed by atoms with Crippen LogP contribution in [0.5, 0.6) is 0 Å². The lowest BCUT2D eigenvalue weighted by Crippen LogP contribution is -2.04. The van der Waals surface area contributed by atoms with Gasteiger partial charge in [0, 0.05) is 18.6 Å². The Balaban J connectivity index is 2.19. The van der Waals surface area contributed by atoms with Crippen LogP contribution in [0.1, 0.15) is 22.1 Å². The maximum absolute atomic E-state index is 10.9. The van der Waals surface area contributed by atoms with Crippen molar-refractivity contribution < 1.29 is 14.2 Å². The third-order valence-electron chi connectivity index (χ3n) is 2.36. The molecule has 0 aliphatic heterocycles. The first-order valence-corrected chi connectivity index (χ1v) is 5.37. The van der Waals surface area contributed by atoms with Crippen molar-refractivity contribution in [2.24, 2.45) is 0 Å². The molecular formula is C11H10N4O4. The van der Waals surface area contributed by atoms with Gasteiger partial charge in [0.15, 0.2) is 5.82 Å². The van der Waals surface area contributed by atoms with Crippen molar-refractivity contribution in [2.45, 2.75) is 13.5 Å². The van der Waals surface area contributed by atoms with Gasteiger partial charge < -0.3 is 9.84 Å². The van der Waals surface area contributed by atoms with Crippen LogP contribution < -0.4 is 5.32 Å². The molecule has 1 N–H and O–H groups in total. The Kier molecular flexibility index (Phi) is 3.51. The molecule has 1 heterocycles. The van der Waals surface area contributed by atoms with Gasteiger partial charge in [-0.3, -0.25) is 14.9 Å². The van der Waals surface area contributed by atoms with E-state index in [0.29, 0.717) is 18.0 Å². The summed E-state index contributed by atoms with van der Waals surface area (Å²) in [5.41, 5.74) is 0.357. The summed E-state index contributed by atoms with van der Waals surface area (Å²) in [4.78, 5) is 24.9. The molecule has 1 aromatic carbocycles. The second-order valence-corrected chi connectivity index (χ2v) is 3.73. The first-order chi connectivity index (χ1) is 9.10. The van der Waals surface area contributed by atoms with Crippen LogP contribution in [0.15, 0.2) is 22.7 Å². The molecule has 98 valence electrons. The monoisotopic (exact) mass is 262 g/mol. The van der Waals surface area contributed by atoms with Gasteiger partial charge in [-0.2, -0.15) is 4.98 Å². The summed E-state index contributed by atoms with van der Waals surface area (Å²) in [6.45, 7) is 1.84. The fourth-order valence-electron chi connectivity index (χ4n) is 1.51. The van der Waals surface area contributed by atoms with Gasteiger partial charge >= 0.3 is 0 Å². The molecule has 1 aromatic heterocycles. The summed E-state index contributed by atoms with van der Waals surface area (Å²) in [6.07, 6.45) is 0.555. The number of hydrogen-bond acceptors (Lipinski definition) is 7. The van der Waals surface area contributed by atoms with E-state index in [9.17, 15) is 14.9 Å². The Labute approximate surface area is 107 Å². The molecule has 19 heavy (non-hydrogen) atoms. The fourth-order valence-corrected chi connectivity index (χ4v) is 1.51. The van der Waals surface area contributed by atoms with Gasteiger partial charge in [0.05, 0.1) is 11.5 Å². The number of hydrogen-bond donors (Lipinski definition) is 1. The van der Waals surface area contributed by atoms with Gasteiger partial charge in [-0.05, 0) is 12.1 Å². The summed E-state index contributed by atoms with van der Waals surface area (Å²) in [7, 11) is 0. The van der Waals surface area contributed by atoms with Crippen molar-refractivity contribution in [3.63, 3.8) is 0 Å². The smallest absolute Gasteiger partial charge is 0.293 e. The highest BCUT2D eigenvalue weighted by atomic mass is 16.6. The van der Waals surface area contributed by atoms with Crippen molar-refractivity contribution in [1.29, 1.82) is 0 Å². The average Bonchev–Trinajstić information content (AvgIpc) is 2.82. The van der Waals surface area contributed by atoms with E-state index in [1.807, 2.05) is 0 Å². The number of carbonyl (C=O) groups excluding carboxylic acids is 1. The first kappa shape index (κ1) is 12.7. The molecular weight excluding hydrogens is 252 g/mol. The highest BCUT2D eigenvalue weighted by Crippen LogP contribution is 2.25. The van der Waals surface area contributed by atoms with Crippen LogP contribution >= 0.6 is 0 Å². The number of benzene rings is 1. The lowest BCUT2D eigenvalue weighted by atomic mass is 10.2. The SMILES string of the molecule is Cc1nc(CNc2ccc(C=O)cc2[N+](=O)[O-])no1. The van der Waals surface area contributed by atoms with Crippen LogP contribution in [0.2, 0.25) is 0 Å². The van der Waals surface area contributed by atoms with E-state index >= 15 is 0 Å². The van der Waals surface area contributed by atoms with Crippen LogP contribution in [0, 0.1) is 17.0 Å². The molecule has 0 saturated heterocycles. The van der Waals surface area contributed by atoms with Gasteiger partial charge in [0.2, 0.25) is 5.89 Å². The molecule has 0 unspecified atom stereocenters. The van der Waals surface area contributed by atoms with Crippen LogP contribution in [-0.4, -0.2) is 21.4 Å². The predicted octanol–water partition coefficient (Wildman–Crippen LogP) is 1.71. The fraction of sp³-hybridized carbons (Fsp3) is 0.182. The minimum atomic E-state index is -0.559. The third-order valence-corrected chi connectivity index (χ3v) is 2.36. The summed E-state index contributed by atoms with van der Waals surface area (Å²) >= 11 is 0. The molecule has 0 fully saturated rings. The standard InChI is InChI=1S/C11H10N4O4/c1-7-13-11(14-19-7)5-12-9-3-2-8(6-16)4-10(9)15(17)18/h2-4,6,12H,5H2,1H3. The van der Waals surface area contributed by atoms with E-state index in [0.717, 1.165) is 0 Å². The Hall–Kier alpha value is -2.77. The van der Waals surface area contributed by atoms with Gasteiger partial charge in [-0.15, -0.1) is 0 Å². The predicted molar refractivity (Wildman–Crippen MR) is 64.8 cm³/mol. The lowest BCUT2D eigenvalue weighted by molar-refractivity contribution is -0.384. The summed E-state index contributed by atoms with van der Waals surface area (Å²) < 4.78 is 4.79. The minimum Gasteiger partial charge on any atom is -0.372 e. The number of nitrogens with one attached hydrogen (secondary N) is 1. The van der Waals surface area contributed by atoms with E-state index < -0.39 is 4.92 Å². The maximum atomic E-state index is 10.9. The Bertz CT molecular complexity index is 623. The van der Waals surface area contributed by atoms with Crippen molar-refractivity contribution in [3.05, 3.63) is 45.6 Å². The molecule has 2 rings (SSSR count). The first-order valence-electron chi connectivity index (χ1n) is 5.37. The summed E-state index contributed by atoms with van der Waals surface area (Å²) in [5.74, 6) is 0.814. The van der Waals surface area contributed by atoms with E-state index in [4.69, 9.17) is 4.52 Å². The van der Waals surface area contributed by atoms with E-state index in [1.54, 1.807) is 6.92 Å². The number of nitro groups is 1. The molecule has 0 amide bonds. The second kappa shape index (κ2) is 5.25. The summed E-state index contributed by atoms with van der Waals surface area (Å²) in [6, 6.07) is 4.16. The van der Waals surface area contributed by atoms with Crippen LogP contribution in [0.4, 0.5) is 11.4 Å². The van der Waals surface area contributed by atoms with Crippen molar-refractivity contribution in [1.82, 2.24) is 10.1 Å². The normalized spacial score (nSPS) is 10.2. The van der Waals surface area contributed by atoms with Gasteiger partial charge in [-0.1, -0.05) is 5.16 Å². The number of aryl methyl sites for hydroxylation is 1. The van der Waals surface area contributed by atoms with E-state index in [-0.39, 0.29) is 23.5 Å². The zero-order valence-electron chi connectivity index (χ0n) is 9.99. The van der Waals surface area contributed by atoms with Crippen molar-refractivity contribution >= 4 is 17.7 Å². The molecule has 2 aromatic rings. The van der Waals surface area contributed by atoms with E-state index in [2.05, 4.69) is 15.5 Å². The topological polar surface area (TPSA) is 111 Å². The Morgan fingerprint density at radius 3 is 2.89 bits per heavy atom. The summed E-state index contributed by atoms with van der Waals surface area (Å²) in [5, 5.41) is 17.4. The largest absolute Gasteiger partial charge is 0.372 e. The molecule has 8 heteroatoms. The average molecular weight is 262 g/mol. The van der Waals surface area contributed by atoms with Gasteiger partial charge in [0.25, 0.3) is 5.69 Å². The maximum Gasteiger partial charge on any atom is 0.293 e. The minimum absolute atomic E-state index is 0.176. The van der Waals surface area contributed by atoms with Gasteiger partial charge in [0.1, 0.15) is 12.0 Å². The molecule has 0 aliphatic rings. The number of anilines is 1. The van der Waals surface area contributed by atoms with Crippen molar-refractivity contribution in [3.8, 4) is 0 Å². The van der Waals surface area contributed by atoms with Crippen LogP contribution in [0.25, 0.3) is 0 Å². The number of aldehydes is 1. The number of carbonyl (C=O) groups is 1.